The van der Waals surface area contributed by atoms with Gasteiger partial charge < -0.3 is 15.3 Å². The lowest BCUT2D eigenvalue weighted by atomic mass is 10.0. The van der Waals surface area contributed by atoms with Crippen LogP contribution < -0.4 is 10.2 Å². The van der Waals surface area contributed by atoms with Gasteiger partial charge in [-0.25, -0.2) is 4.39 Å². The first-order chi connectivity index (χ1) is 9.63. The molecule has 3 nitrogen and oxygen atoms in total. The quantitative estimate of drug-likeness (QED) is 0.786. The molecule has 1 aliphatic rings. The van der Waals surface area contributed by atoms with Crippen LogP contribution in [0.1, 0.15) is 32.3 Å². The number of nitrogens with zero attached hydrogens (tertiary/aromatic N) is 1. The SMILES string of the molecule is CCCNCc1cccc(F)c1N1CCC(C(C)O)C1. The molecule has 0 radical (unpaired) electrons. The van der Waals surface area contributed by atoms with Crippen molar-refractivity contribution in [3.8, 4) is 0 Å². The highest BCUT2D eigenvalue weighted by molar-refractivity contribution is 5.55. The molecule has 1 heterocycles. The second-order valence-electron chi connectivity index (χ2n) is 5.66. The molecule has 2 rings (SSSR count). The fraction of sp³-hybridized carbons (Fsp3) is 0.625. The van der Waals surface area contributed by atoms with Gasteiger partial charge in [-0.1, -0.05) is 19.1 Å². The van der Waals surface area contributed by atoms with Gasteiger partial charge in [0.1, 0.15) is 5.82 Å². The van der Waals surface area contributed by atoms with Crippen LogP contribution in [-0.4, -0.2) is 30.8 Å². The molecule has 0 bridgehead atoms. The number of aliphatic hydroxyl groups is 1. The van der Waals surface area contributed by atoms with E-state index in [1.165, 1.54) is 6.07 Å². The number of para-hydroxylation sites is 1. The average Bonchev–Trinajstić information content (AvgIpc) is 2.88. The molecule has 1 aromatic rings. The Hall–Kier alpha value is -1.13. The molecule has 4 heteroatoms. The van der Waals surface area contributed by atoms with Crippen molar-refractivity contribution in [1.29, 1.82) is 0 Å². The Morgan fingerprint density at radius 3 is 2.95 bits per heavy atom. The zero-order chi connectivity index (χ0) is 14.5. The third-order valence-corrected chi connectivity index (χ3v) is 4.04. The maximum atomic E-state index is 14.2. The van der Waals surface area contributed by atoms with Crippen molar-refractivity contribution in [2.24, 2.45) is 5.92 Å². The topological polar surface area (TPSA) is 35.5 Å². The van der Waals surface area contributed by atoms with Gasteiger partial charge in [-0.2, -0.15) is 0 Å². The van der Waals surface area contributed by atoms with Crippen LogP contribution in [-0.2, 0) is 6.54 Å². The second kappa shape index (κ2) is 7.04. The van der Waals surface area contributed by atoms with Crippen molar-refractivity contribution >= 4 is 5.69 Å². The van der Waals surface area contributed by atoms with E-state index in [-0.39, 0.29) is 17.8 Å². The molecule has 0 saturated carbocycles. The smallest absolute Gasteiger partial charge is 0.146 e. The number of halogens is 1. The molecular formula is C16H25FN2O. The second-order valence-corrected chi connectivity index (χ2v) is 5.66. The van der Waals surface area contributed by atoms with Crippen LogP contribution in [0, 0.1) is 11.7 Å². The van der Waals surface area contributed by atoms with E-state index in [0.717, 1.165) is 38.0 Å². The molecule has 0 spiro atoms. The van der Waals surface area contributed by atoms with Crippen molar-refractivity contribution in [2.75, 3.05) is 24.5 Å². The number of hydrogen-bond donors (Lipinski definition) is 2. The van der Waals surface area contributed by atoms with E-state index in [9.17, 15) is 9.50 Å². The normalized spacial score (nSPS) is 20.4. The highest BCUT2D eigenvalue weighted by Gasteiger charge is 2.28. The predicted molar refractivity (Wildman–Crippen MR) is 80.4 cm³/mol. The highest BCUT2D eigenvalue weighted by Crippen LogP contribution is 2.31. The van der Waals surface area contributed by atoms with Crippen molar-refractivity contribution in [3.63, 3.8) is 0 Å². The molecule has 0 aromatic heterocycles. The van der Waals surface area contributed by atoms with Gasteiger partial charge in [-0.15, -0.1) is 0 Å². The fourth-order valence-corrected chi connectivity index (χ4v) is 2.84. The predicted octanol–water partition coefficient (Wildman–Crippen LogP) is 2.53. The summed E-state index contributed by atoms with van der Waals surface area (Å²) in [5.41, 5.74) is 1.71. The van der Waals surface area contributed by atoms with Crippen LogP contribution in [0.15, 0.2) is 18.2 Å². The van der Waals surface area contributed by atoms with Crippen LogP contribution in [0.3, 0.4) is 0 Å². The maximum absolute atomic E-state index is 14.2. The number of aliphatic hydroxyl groups excluding tert-OH is 1. The fourth-order valence-electron chi connectivity index (χ4n) is 2.84. The summed E-state index contributed by atoms with van der Waals surface area (Å²) in [6, 6.07) is 5.27. The molecule has 2 atom stereocenters. The minimum atomic E-state index is -0.326. The number of benzene rings is 1. The lowest BCUT2D eigenvalue weighted by molar-refractivity contribution is 0.136. The first-order valence-electron chi connectivity index (χ1n) is 7.54. The number of anilines is 1. The summed E-state index contributed by atoms with van der Waals surface area (Å²) in [7, 11) is 0. The van der Waals surface area contributed by atoms with E-state index < -0.39 is 0 Å². The lowest BCUT2D eigenvalue weighted by Crippen LogP contribution is -2.26. The van der Waals surface area contributed by atoms with E-state index >= 15 is 0 Å². The Morgan fingerprint density at radius 2 is 2.30 bits per heavy atom. The van der Waals surface area contributed by atoms with Crippen LogP contribution in [0.25, 0.3) is 0 Å². The first kappa shape index (κ1) is 15.3. The van der Waals surface area contributed by atoms with Crippen LogP contribution in [0.2, 0.25) is 0 Å². The Labute approximate surface area is 120 Å². The summed E-state index contributed by atoms with van der Waals surface area (Å²) in [5.74, 6) is 0.0816. The molecule has 2 N–H and O–H groups in total. The van der Waals surface area contributed by atoms with Gasteiger partial charge in [0.25, 0.3) is 0 Å². The van der Waals surface area contributed by atoms with E-state index in [1.54, 1.807) is 6.07 Å². The summed E-state index contributed by atoms with van der Waals surface area (Å²) < 4.78 is 14.2. The monoisotopic (exact) mass is 280 g/mol. The standard InChI is InChI=1S/C16H25FN2O/c1-3-8-18-10-13-5-4-6-15(17)16(13)19-9-7-14(11-19)12(2)20/h4-6,12,14,18,20H,3,7-11H2,1-2H3. The number of rotatable bonds is 6. The highest BCUT2D eigenvalue weighted by atomic mass is 19.1. The van der Waals surface area contributed by atoms with E-state index in [0.29, 0.717) is 12.2 Å². The molecule has 2 unspecified atom stereocenters. The third-order valence-electron chi connectivity index (χ3n) is 4.04. The summed E-state index contributed by atoms with van der Waals surface area (Å²) in [6.45, 7) is 7.12. The van der Waals surface area contributed by atoms with E-state index in [2.05, 4.69) is 17.1 Å². The van der Waals surface area contributed by atoms with Gasteiger partial charge in [-0.3, -0.25) is 0 Å². The van der Waals surface area contributed by atoms with Gasteiger partial charge in [0, 0.05) is 25.6 Å². The largest absolute Gasteiger partial charge is 0.393 e. The van der Waals surface area contributed by atoms with Gasteiger partial charge in [0.2, 0.25) is 0 Å². The minimum Gasteiger partial charge on any atom is -0.393 e. The molecular weight excluding hydrogens is 255 g/mol. The minimum absolute atomic E-state index is 0.160. The van der Waals surface area contributed by atoms with Crippen molar-refractivity contribution < 1.29 is 9.50 Å². The molecule has 0 aliphatic carbocycles. The van der Waals surface area contributed by atoms with Gasteiger partial charge in [0.05, 0.1) is 11.8 Å². The molecule has 1 aromatic carbocycles. The number of hydrogen-bond acceptors (Lipinski definition) is 3. The van der Waals surface area contributed by atoms with Crippen LogP contribution in [0.5, 0.6) is 0 Å². The van der Waals surface area contributed by atoms with Gasteiger partial charge >= 0.3 is 0 Å². The molecule has 0 amide bonds. The van der Waals surface area contributed by atoms with Crippen LogP contribution in [0.4, 0.5) is 10.1 Å². The van der Waals surface area contributed by atoms with Gasteiger partial charge in [-0.05, 0) is 37.9 Å². The lowest BCUT2D eigenvalue weighted by Gasteiger charge is -2.23. The molecule has 1 fully saturated rings. The molecule has 112 valence electrons. The summed E-state index contributed by atoms with van der Waals surface area (Å²) in [5, 5.41) is 13.0. The zero-order valence-electron chi connectivity index (χ0n) is 12.4. The zero-order valence-corrected chi connectivity index (χ0v) is 12.4. The average molecular weight is 280 g/mol. The Bertz CT molecular complexity index is 436. The van der Waals surface area contributed by atoms with E-state index in [1.807, 2.05) is 13.0 Å². The third kappa shape index (κ3) is 3.49. The van der Waals surface area contributed by atoms with Crippen molar-refractivity contribution in [2.45, 2.75) is 39.3 Å². The summed E-state index contributed by atoms with van der Waals surface area (Å²) in [6.07, 6.45) is 1.67. The Balaban J connectivity index is 2.13. The van der Waals surface area contributed by atoms with Gasteiger partial charge in [0.15, 0.2) is 0 Å². The van der Waals surface area contributed by atoms with Crippen molar-refractivity contribution in [3.05, 3.63) is 29.6 Å². The van der Waals surface area contributed by atoms with Crippen molar-refractivity contribution in [1.82, 2.24) is 5.32 Å². The van der Waals surface area contributed by atoms with E-state index in [4.69, 9.17) is 0 Å². The Kier molecular flexibility index (Phi) is 5.38. The van der Waals surface area contributed by atoms with Crippen LogP contribution >= 0.6 is 0 Å². The summed E-state index contributed by atoms with van der Waals surface area (Å²) >= 11 is 0. The molecule has 1 saturated heterocycles. The Morgan fingerprint density at radius 1 is 1.50 bits per heavy atom. The molecule has 1 aliphatic heterocycles. The first-order valence-corrected chi connectivity index (χ1v) is 7.54. The maximum Gasteiger partial charge on any atom is 0.146 e. The number of nitrogens with one attached hydrogen (secondary N) is 1. The summed E-state index contributed by atoms with van der Waals surface area (Å²) in [4.78, 5) is 2.08. The molecule has 20 heavy (non-hydrogen) atoms.